The molecular formula is C13H21N3O. The first-order chi connectivity index (χ1) is 8.20. The monoisotopic (exact) mass is 235 g/mol. The number of aromatic nitrogens is 2. The van der Waals surface area contributed by atoms with Crippen molar-refractivity contribution in [1.82, 2.24) is 15.1 Å². The number of nitrogens with zero attached hydrogens (tertiary/aromatic N) is 2. The Hall–Kier alpha value is -1.16. The van der Waals surface area contributed by atoms with E-state index < -0.39 is 0 Å². The van der Waals surface area contributed by atoms with Gasteiger partial charge in [-0.2, -0.15) is 5.10 Å². The Morgan fingerprint density at radius 2 is 2.53 bits per heavy atom. The lowest BCUT2D eigenvalue weighted by molar-refractivity contribution is -0.121. The Labute approximate surface area is 102 Å². The van der Waals surface area contributed by atoms with Crippen LogP contribution in [0.25, 0.3) is 0 Å². The standard InChI is InChI=1S/C13H21N3O/c1-3-10(2)16-7-5-12(15-16)8-13(17)11-4-6-14-9-11/h5,7,10-11,14H,3-4,6,8-9H2,1-2H3. The van der Waals surface area contributed by atoms with E-state index in [-0.39, 0.29) is 5.92 Å². The molecule has 1 saturated heterocycles. The Morgan fingerprint density at radius 1 is 1.71 bits per heavy atom. The van der Waals surface area contributed by atoms with E-state index in [1.54, 1.807) is 0 Å². The van der Waals surface area contributed by atoms with E-state index in [0.29, 0.717) is 18.2 Å². The summed E-state index contributed by atoms with van der Waals surface area (Å²) in [6.07, 6.45) is 4.49. The second kappa shape index (κ2) is 5.45. The van der Waals surface area contributed by atoms with Crippen molar-refractivity contribution in [3.63, 3.8) is 0 Å². The Kier molecular flexibility index (Phi) is 3.94. The molecule has 4 nitrogen and oxygen atoms in total. The minimum Gasteiger partial charge on any atom is -0.316 e. The van der Waals surface area contributed by atoms with Gasteiger partial charge in [-0.3, -0.25) is 9.48 Å². The van der Waals surface area contributed by atoms with E-state index in [9.17, 15) is 4.79 Å². The maximum absolute atomic E-state index is 12.0. The third kappa shape index (κ3) is 2.94. The first kappa shape index (κ1) is 12.3. The molecular weight excluding hydrogens is 214 g/mol. The van der Waals surface area contributed by atoms with Crippen LogP contribution in [0.15, 0.2) is 12.3 Å². The molecule has 1 fully saturated rings. The largest absolute Gasteiger partial charge is 0.316 e. The van der Waals surface area contributed by atoms with Gasteiger partial charge in [0.1, 0.15) is 5.78 Å². The highest BCUT2D eigenvalue weighted by Crippen LogP contribution is 2.13. The van der Waals surface area contributed by atoms with Gasteiger partial charge in [0.2, 0.25) is 0 Å². The first-order valence-corrected chi connectivity index (χ1v) is 6.48. The highest BCUT2D eigenvalue weighted by Gasteiger charge is 2.22. The summed E-state index contributed by atoms with van der Waals surface area (Å²) >= 11 is 0. The normalized spacial score (nSPS) is 21.6. The predicted molar refractivity (Wildman–Crippen MR) is 66.9 cm³/mol. The molecule has 17 heavy (non-hydrogen) atoms. The van der Waals surface area contributed by atoms with E-state index in [0.717, 1.165) is 31.6 Å². The number of nitrogens with one attached hydrogen (secondary N) is 1. The average molecular weight is 235 g/mol. The second-order valence-corrected chi connectivity index (χ2v) is 4.88. The summed E-state index contributed by atoms with van der Waals surface area (Å²) in [6, 6.07) is 2.37. The molecule has 2 unspecified atom stereocenters. The molecule has 4 heteroatoms. The highest BCUT2D eigenvalue weighted by atomic mass is 16.1. The number of Topliss-reactive ketones (excluding diaryl/α,β-unsaturated/α-hetero) is 1. The van der Waals surface area contributed by atoms with Gasteiger partial charge in [-0.15, -0.1) is 0 Å². The molecule has 0 saturated carbocycles. The quantitative estimate of drug-likeness (QED) is 0.842. The van der Waals surface area contributed by atoms with Crippen LogP contribution in [0, 0.1) is 5.92 Å². The molecule has 0 amide bonds. The van der Waals surface area contributed by atoms with Crippen LogP contribution in [0.3, 0.4) is 0 Å². The van der Waals surface area contributed by atoms with Crippen LogP contribution in [0.2, 0.25) is 0 Å². The summed E-state index contributed by atoms with van der Waals surface area (Å²) in [5.74, 6) is 0.521. The van der Waals surface area contributed by atoms with Crippen molar-refractivity contribution < 1.29 is 4.79 Å². The Morgan fingerprint density at radius 3 is 3.18 bits per heavy atom. The van der Waals surface area contributed by atoms with Crippen molar-refractivity contribution in [3.05, 3.63) is 18.0 Å². The lowest BCUT2D eigenvalue weighted by Crippen LogP contribution is -2.19. The molecule has 0 bridgehead atoms. The summed E-state index contributed by atoms with van der Waals surface area (Å²) in [5, 5.41) is 7.69. The third-order valence-corrected chi connectivity index (χ3v) is 3.58. The second-order valence-electron chi connectivity index (χ2n) is 4.88. The van der Waals surface area contributed by atoms with Gasteiger partial charge >= 0.3 is 0 Å². The summed E-state index contributed by atoms with van der Waals surface area (Å²) in [6.45, 7) is 6.09. The van der Waals surface area contributed by atoms with E-state index >= 15 is 0 Å². The molecule has 1 aliphatic rings. The maximum atomic E-state index is 12.0. The Bertz CT molecular complexity index is 380. The molecule has 1 aromatic heterocycles. The number of rotatable bonds is 5. The molecule has 2 rings (SSSR count). The molecule has 2 atom stereocenters. The highest BCUT2D eigenvalue weighted by molar-refractivity contribution is 5.83. The van der Waals surface area contributed by atoms with Crippen molar-refractivity contribution >= 4 is 5.78 Å². The molecule has 0 aromatic carbocycles. The zero-order chi connectivity index (χ0) is 12.3. The number of hydrogen-bond donors (Lipinski definition) is 1. The van der Waals surface area contributed by atoms with Crippen LogP contribution in [0.1, 0.15) is 38.4 Å². The van der Waals surface area contributed by atoms with Crippen molar-refractivity contribution in [2.45, 2.75) is 39.2 Å². The van der Waals surface area contributed by atoms with Crippen LogP contribution in [-0.4, -0.2) is 28.7 Å². The van der Waals surface area contributed by atoms with Crippen molar-refractivity contribution in [2.75, 3.05) is 13.1 Å². The van der Waals surface area contributed by atoms with E-state index in [2.05, 4.69) is 24.3 Å². The van der Waals surface area contributed by atoms with Crippen molar-refractivity contribution in [3.8, 4) is 0 Å². The maximum Gasteiger partial charge on any atom is 0.143 e. The summed E-state index contributed by atoms with van der Waals surface area (Å²) in [5.41, 5.74) is 0.905. The fourth-order valence-corrected chi connectivity index (χ4v) is 2.16. The van der Waals surface area contributed by atoms with E-state index in [1.165, 1.54) is 0 Å². The van der Waals surface area contributed by atoms with Gasteiger partial charge in [-0.25, -0.2) is 0 Å². The first-order valence-electron chi connectivity index (χ1n) is 6.48. The van der Waals surface area contributed by atoms with E-state index in [1.807, 2.05) is 16.9 Å². The third-order valence-electron chi connectivity index (χ3n) is 3.58. The smallest absolute Gasteiger partial charge is 0.143 e. The summed E-state index contributed by atoms with van der Waals surface area (Å²) in [4.78, 5) is 12.0. The van der Waals surface area contributed by atoms with Gasteiger partial charge in [0.25, 0.3) is 0 Å². The summed E-state index contributed by atoms with van der Waals surface area (Å²) in [7, 11) is 0. The molecule has 1 aliphatic heterocycles. The lowest BCUT2D eigenvalue weighted by Gasteiger charge is -2.08. The average Bonchev–Trinajstić information content (AvgIpc) is 2.98. The molecule has 0 radical (unpaired) electrons. The van der Waals surface area contributed by atoms with Gasteiger partial charge < -0.3 is 5.32 Å². The van der Waals surface area contributed by atoms with Gasteiger partial charge in [-0.05, 0) is 32.4 Å². The van der Waals surface area contributed by atoms with E-state index in [4.69, 9.17) is 0 Å². The number of carbonyl (C=O) groups is 1. The van der Waals surface area contributed by atoms with Gasteiger partial charge in [0, 0.05) is 24.7 Å². The Balaban J connectivity index is 1.94. The molecule has 0 spiro atoms. The number of ketones is 1. The van der Waals surface area contributed by atoms with Crippen LogP contribution in [0.4, 0.5) is 0 Å². The fourth-order valence-electron chi connectivity index (χ4n) is 2.16. The topological polar surface area (TPSA) is 46.9 Å². The fraction of sp³-hybridized carbons (Fsp3) is 0.692. The van der Waals surface area contributed by atoms with Crippen molar-refractivity contribution in [1.29, 1.82) is 0 Å². The minimum atomic E-state index is 0.198. The van der Waals surface area contributed by atoms with Crippen molar-refractivity contribution in [2.24, 2.45) is 5.92 Å². The van der Waals surface area contributed by atoms with Gasteiger partial charge in [-0.1, -0.05) is 6.92 Å². The van der Waals surface area contributed by atoms with Gasteiger partial charge in [0.05, 0.1) is 12.1 Å². The molecule has 1 N–H and O–H groups in total. The van der Waals surface area contributed by atoms with Crippen LogP contribution in [0.5, 0.6) is 0 Å². The zero-order valence-electron chi connectivity index (χ0n) is 10.6. The SMILES string of the molecule is CCC(C)n1ccc(CC(=O)C2CCNC2)n1. The number of hydrogen-bond acceptors (Lipinski definition) is 3. The summed E-state index contributed by atoms with van der Waals surface area (Å²) < 4.78 is 1.95. The lowest BCUT2D eigenvalue weighted by atomic mass is 10.00. The molecule has 0 aliphatic carbocycles. The molecule has 2 heterocycles. The predicted octanol–water partition coefficient (Wildman–Crippen LogP) is 1.58. The molecule has 1 aromatic rings. The van der Waals surface area contributed by atoms with Gasteiger partial charge in [0.15, 0.2) is 0 Å². The number of carbonyl (C=O) groups excluding carboxylic acids is 1. The zero-order valence-corrected chi connectivity index (χ0v) is 10.6. The minimum absolute atomic E-state index is 0.198. The van der Waals surface area contributed by atoms with Crippen LogP contribution in [-0.2, 0) is 11.2 Å². The van der Waals surface area contributed by atoms with Crippen LogP contribution < -0.4 is 5.32 Å². The van der Waals surface area contributed by atoms with Crippen LogP contribution >= 0.6 is 0 Å². The molecule has 94 valence electrons.